The predicted octanol–water partition coefficient (Wildman–Crippen LogP) is 2.17. The number of ether oxygens (including phenoxy) is 1. The minimum atomic E-state index is -1.44. The molecule has 0 aliphatic heterocycles. The van der Waals surface area contributed by atoms with Crippen LogP contribution in [0.4, 0.5) is 5.69 Å². The van der Waals surface area contributed by atoms with E-state index < -0.39 is 17.3 Å². The number of benzene rings is 1. The van der Waals surface area contributed by atoms with Crippen molar-refractivity contribution in [3.63, 3.8) is 0 Å². The molecule has 0 aliphatic rings. The average molecular weight is 279 g/mol. The summed E-state index contributed by atoms with van der Waals surface area (Å²) in [4.78, 5) is 25.4. The second-order valence-electron chi connectivity index (χ2n) is 4.93. The SMILES string of the molecule is COCCCC(C)(C(=O)O)C(=O)N(C)c1ccccc1. The van der Waals surface area contributed by atoms with Gasteiger partial charge in [-0.15, -0.1) is 0 Å². The van der Waals surface area contributed by atoms with E-state index in [0.29, 0.717) is 18.7 Å². The maximum atomic E-state index is 12.5. The molecular formula is C15H21NO4. The van der Waals surface area contributed by atoms with Gasteiger partial charge in [-0.2, -0.15) is 0 Å². The molecule has 0 saturated heterocycles. The lowest BCUT2D eigenvalue weighted by molar-refractivity contribution is -0.154. The highest BCUT2D eigenvalue weighted by Crippen LogP contribution is 2.28. The molecule has 0 spiro atoms. The highest BCUT2D eigenvalue weighted by molar-refractivity contribution is 6.08. The minimum absolute atomic E-state index is 0.242. The molecule has 1 aromatic carbocycles. The van der Waals surface area contributed by atoms with Crippen LogP contribution < -0.4 is 4.90 Å². The lowest BCUT2D eigenvalue weighted by atomic mass is 9.84. The Morgan fingerprint density at radius 1 is 1.30 bits per heavy atom. The first-order valence-electron chi connectivity index (χ1n) is 6.49. The molecule has 20 heavy (non-hydrogen) atoms. The molecule has 110 valence electrons. The molecule has 5 heteroatoms. The molecule has 1 rings (SSSR count). The fraction of sp³-hybridized carbons (Fsp3) is 0.467. The first-order valence-corrected chi connectivity index (χ1v) is 6.49. The molecule has 1 amide bonds. The number of carboxylic acid groups (broad SMARTS) is 1. The van der Waals surface area contributed by atoms with Crippen LogP contribution in [0.2, 0.25) is 0 Å². The Morgan fingerprint density at radius 2 is 1.90 bits per heavy atom. The van der Waals surface area contributed by atoms with Crippen LogP contribution >= 0.6 is 0 Å². The quantitative estimate of drug-likeness (QED) is 0.613. The van der Waals surface area contributed by atoms with Gasteiger partial charge in [-0.25, -0.2) is 0 Å². The summed E-state index contributed by atoms with van der Waals surface area (Å²) in [6, 6.07) is 9.01. The van der Waals surface area contributed by atoms with Crippen molar-refractivity contribution in [1.82, 2.24) is 0 Å². The molecule has 0 radical (unpaired) electrons. The smallest absolute Gasteiger partial charge is 0.318 e. The summed E-state index contributed by atoms with van der Waals surface area (Å²) in [6.07, 6.45) is 0.764. The van der Waals surface area contributed by atoms with Crippen LogP contribution in [-0.2, 0) is 14.3 Å². The van der Waals surface area contributed by atoms with Crippen LogP contribution in [0.5, 0.6) is 0 Å². The largest absolute Gasteiger partial charge is 0.480 e. The zero-order valence-corrected chi connectivity index (χ0v) is 12.1. The number of carbonyl (C=O) groups is 2. The molecule has 0 saturated carbocycles. The number of hydrogen-bond acceptors (Lipinski definition) is 3. The number of para-hydroxylation sites is 1. The molecule has 0 fully saturated rings. The monoisotopic (exact) mass is 279 g/mol. The lowest BCUT2D eigenvalue weighted by Gasteiger charge is -2.29. The van der Waals surface area contributed by atoms with E-state index in [0.717, 1.165) is 0 Å². The number of aliphatic carboxylic acids is 1. The van der Waals surface area contributed by atoms with Crippen LogP contribution in [0.3, 0.4) is 0 Å². The number of nitrogens with zero attached hydrogens (tertiary/aromatic N) is 1. The van der Waals surface area contributed by atoms with E-state index in [-0.39, 0.29) is 6.42 Å². The molecule has 1 unspecified atom stereocenters. The van der Waals surface area contributed by atoms with Gasteiger partial charge in [0.2, 0.25) is 5.91 Å². The van der Waals surface area contributed by atoms with Gasteiger partial charge in [-0.1, -0.05) is 18.2 Å². The Morgan fingerprint density at radius 3 is 2.40 bits per heavy atom. The predicted molar refractivity (Wildman–Crippen MR) is 76.7 cm³/mol. The summed E-state index contributed by atoms with van der Waals surface area (Å²) in [6.45, 7) is 1.90. The summed E-state index contributed by atoms with van der Waals surface area (Å²) in [7, 11) is 3.14. The number of carbonyl (C=O) groups excluding carboxylic acids is 1. The average Bonchev–Trinajstić information content (AvgIpc) is 2.46. The molecule has 0 aromatic heterocycles. The van der Waals surface area contributed by atoms with Crippen LogP contribution in [0.15, 0.2) is 30.3 Å². The maximum Gasteiger partial charge on any atom is 0.318 e. The van der Waals surface area contributed by atoms with Gasteiger partial charge in [0.05, 0.1) is 0 Å². The number of methoxy groups -OCH3 is 1. The third kappa shape index (κ3) is 3.57. The van der Waals surface area contributed by atoms with Crippen LogP contribution in [-0.4, -0.2) is 37.7 Å². The summed E-state index contributed by atoms with van der Waals surface area (Å²) >= 11 is 0. The van der Waals surface area contributed by atoms with Crippen LogP contribution in [0.25, 0.3) is 0 Å². The zero-order valence-electron chi connectivity index (χ0n) is 12.1. The van der Waals surface area contributed by atoms with Crippen LogP contribution in [0, 0.1) is 5.41 Å². The fourth-order valence-corrected chi connectivity index (χ4v) is 2.01. The van der Waals surface area contributed by atoms with E-state index in [9.17, 15) is 14.7 Å². The fourth-order valence-electron chi connectivity index (χ4n) is 2.01. The van der Waals surface area contributed by atoms with Crippen molar-refractivity contribution in [3.8, 4) is 0 Å². The van der Waals surface area contributed by atoms with E-state index in [1.807, 2.05) is 18.2 Å². The first-order chi connectivity index (χ1) is 9.43. The van der Waals surface area contributed by atoms with Crippen molar-refractivity contribution >= 4 is 17.6 Å². The Labute approximate surface area is 119 Å². The standard InChI is InChI=1S/C15H21NO4/c1-15(14(18)19,10-7-11-20-3)13(17)16(2)12-8-5-4-6-9-12/h4-6,8-9H,7,10-11H2,1-3H3,(H,18,19). The van der Waals surface area contributed by atoms with Gasteiger partial charge < -0.3 is 14.7 Å². The normalized spacial score (nSPS) is 13.6. The first kappa shape index (κ1) is 16.2. The third-order valence-electron chi connectivity index (χ3n) is 3.42. The summed E-state index contributed by atoms with van der Waals surface area (Å²) < 4.78 is 4.92. The Kier molecular flexibility index (Phi) is 5.70. The van der Waals surface area contributed by atoms with Crippen LogP contribution in [0.1, 0.15) is 19.8 Å². The maximum absolute atomic E-state index is 12.5. The topological polar surface area (TPSA) is 66.8 Å². The molecule has 1 atom stereocenters. The Hall–Kier alpha value is -1.88. The molecule has 0 bridgehead atoms. The molecule has 5 nitrogen and oxygen atoms in total. The molecule has 0 aliphatic carbocycles. The molecule has 0 heterocycles. The van der Waals surface area contributed by atoms with Crippen molar-refractivity contribution in [2.45, 2.75) is 19.8 Å². The van der Waals surface area contributed by atoms with E-state index >= 15 is 0 Å². The molecular weight excluding hydrogens is 258 g/mol. The van der Waals surface area contributed by atoms with Gasteiger partial charge in [-0.05, 0) is 31.9 Å². The van der Waals surface area contributed by atoms with Gasteiger partial charge in [-0.3, -0.25) is 9.59 Å². The van der Waals surface area contributed by atoms with Gasteiger partial charge in [0.15, 0.2) is 0 Å². The zero-order chi connectivity index (χ0) is 15.2. The number of carboxylic acids is 1. The lowest BCUT2D eigenvalue weighted by Crippen LogP contribution is -2.45. The van der Waals surface area contributed by atoms with Crippen molar-refractivity contribution in [2.24, 2.45) is 5.41 Å². The van der Waals surface area contributed by atoms with Crippen molar-refractivity contribution in [3.05, 3.63) is 30.3 Å². The van der Waals surface area contributed by atoms with E-state index in [4.69, 9.17) is 4.74 Å². The summed E-state index contributed by atoms with van der Waals surface area (Å²) in [5, 5.41) is 9.41. The second-order valence-corrected chi connectivity index (χ2v) is 4.93. The summed E-state index contributed by atoms with van der Waals surface area (Å²) in [5.74, 6) is -1.53. The number of hydrogen-bond donors (Lipinski definition) is 1. The number of amides is 1. The van der Waals surface area contributed by atoms with Gasteiger partial charge in [0.1, 0.15) is 5.41 Å². The van der Waals surface area contributed by atoms with Crippen molar-refractivity contribution in [2.75, 3.05) is 25.7 Å². The van der Waals surface area contributed by atoms with E-state index in [1.165, 1.54) is 11.8 Å². The Balaban J connectivity index is 2.91. The van der Waals surface area contributed by atoms with Gasteiger partial charge in [0.25, 0.3) is 0 Å². The minimum Gasteiger partial charge on any atom is -0.480 e. The van der Waals surface area contributed by atoms with Gasteiger partial charge >= 0.3 is 5.97 Å². The highest BCUT2D eigenvalue weighted by atomic mass is 16.5. The molecule has 1 N–H and O–H groups in total. The van der Waals surface area contributed by atoms with Crippen molar-refractivity contribution < 1.29 is 19.4 Å². The Bertz CT molecular complexity index is 460. The van der Waals surface area contributed by atoms with E-state index in [1.54, 1.807) is 26.3 Å². The van der Waals surface area contributed by atoms with Gasteiger partial charge in [0, 0.05) is 26.5 Å². The number of rotatable bonds is 7. The second kappa shape index (κ2) is 7.05. The highest BCUT2D eigenvalue weighted by Gasteiger charge is 2.42. The van der Waals surface area contributed by atoms with Crippen molar-refractivity contribution in [1.29, 1.82) is 0 Å². The summed E-state index contributed by atoms with van der Waals surface area (Å²) in [5.41, 5.74) is -0.764. The third-order valence-corrected chi connectivity index (χ3v) is 3.42. The molecule has 1 aromatic rings. The van der Waals surface area contributed by atoms with E-state index in [2.05, 4.69) is 0 Å². The number of anilines is 1.